The molecule has 0 aromatic heterocycles. The van der Waals surface area contributed by atoms with Gasteiger partial charge in [-0.1, -0.05) is 11.6 Å². The highest BCUT2D eigenvalue weighted by atomic mass is 79.9. The Labute approximate surface area is 102 Å². The van der Waals surface area contributed by atoms with Gasteiger partial charge in [0, 0.05) is 15.4 Å². The van der Waals surface area contributed by atoms with Crippen LogP contribution in [0.25, 0.3) is 0 Å². The zero-order valence-electron chi connectivity index (χ0n) is 8.31. The van der Waals surface area contributed by atoms with Crippen LogP contribution in [0.15, 0.2) is 16.6 Å². The van der Waals surface area contributed by atoms with Gasteiger partial charge in [-0.25, -0.2) is 0 Å². The van der Waals surface area contributed by atoms with Gasteiger partial charge in [0.2, 0.25) is 5.91 Å². The minimum atomic E-state index is 0.0932. The summed E-state index contributed by atoms with van der Waals surface area (Å²) in [6, 6.07) is 3.69. The Morgan fingerprint density at radius 1 is 1.53 bits per heavy atom. The molecule has 0 radical (unpaired) electrons. The van der Waals surface area contributed by atoms with E-state index < -0.39 is 0 Å². The van der Waals surface area contributed by atoms with E-state index in [1.165, 1.54) is 0 Å². The molecule has 2 rings (SSSR count). The van der Waals surface area contributed by atoms with Crippen LogP contribution in [0.4, 0.5) is 5.69 Å². The van der Waals surface area contributed by atoms with Crippen LogP contribution in [0, 0.1) is 12.8 Å². The molecule has 0 bridgehead atoms. The lowest BCUT2D eigenvalue weighted by molar-refractivity contribution is -0.117. The molecule has 2 nitrogen and oxygen atoms in total. The smallest absolute Gasteiger partial charge is 0.227 e. The molecular weight excluding hydrogens is 277 g/mol. The summed E-state index contributed by atoms with van der Waals surface area (Å²) < 4.78 is 0.874. The van der Waals surface area contributed by atoms with Crippen LogP contribution < -0.4 is 5.32 Å². The van der Waals surface area contributed by atoms with Gasteiger partial charge in [-0.15, -0.1) is 0 Å². The number of amides is 1. The van der Waals surface area contributed by atoms with Crippen molar-refractivity contribution in [1.29, 1.82) is 0 Å². The Morgan fingerprint density at radius 2 is 2.20 bits per heavy atom. The summed E-state index contributed by atoms with van der Waals surface area (Å²) >= 11 is 9.40. The first-order valence-electron chi connectivity index (χ1n) is 4.84. The van der Waals surface area contributed by atoms with E-state index in [4.69, 9.17) is 11.6 Å². The maximum Gasteiger partial charge on any atom is 0.227 e. The molecule has 1 saturated carbocycles. The second-order valence-electron chi connectivity index (χ2n) is 3.84. The Hall–Kier alpha value is -0.540. The molecule has 1 aliphatic rings. The van der Waals surface area contributed by atoms with Gasteiger partial charge < -0.3 is 5.32 Å². The van der Waals surface area contributed by atoms with Crippen LogP contribution in [0.2, 0.25) is 5.02 Å². The predicted octanol–water partition coefficient (Wildman–Crippen LogP) is 3.76. The topological polar surface area (TPSA) is 29.1 Å². The lowest BCUT2D eigenvalue weighted by Gasteiger charge is -2.08. The Morgan fingerprint density at radius 3 is 2.80 bits per heavy atom. The van der Waals surface area contributed by atoms with Gasteiger partial charge >= 0.3 is 0 Å². The SMILES string of the molecule is Cc1cc(Br)c(NC(=O)C2CC2)cc1Cl. The van der Waals surface area contributed by atoms with Crippen molar-refractivity contribution in [2.75, 3.05) is 5.32 Å². The van der Waals surface area contributed by atoms with Gasteiger partial charge in [0.15, 0.2) is 0 Å². The van der Waals surface area contributed by atoms with E-state index in [9.17, 15) is 4.79 Å². The van der Waals surface area contributed by atoms with E-state index in [1.54, 1.807) is 6.07 Å². The second-order valence-corrected chi connectivity index (χ2v) is 5.11. The van der Waals surface area contributed by atoms with Crippen LogP contribution in [0.1, 0.15) is 18.4 Å². The molecule has 1 aliphatic carbocycles. The number of carbonyl (C=O) groups is 1. The first-order chi connectivity index (χ1) is 7.08. The summed E-state index contributed by atoms with van der Waals surface area (Å²) in [6.45, 7) is 1.93. The van der Waals surface area contributed by atoms with E-state index in [0.717, 1.165) is 28.6 Å². The first-order valence-corrected chi connectivity index (χ1v) is 6.01. The first kappa shape index (κ1) is 11.0. The molecular formula is C11H11BrClNO. The summed E-state index contributed by atoms with van der Waals surface area (Å²) in [5.74, 6) is 0.299. The highest BCUT2D eigenvalue weighted by Crippen LogP contribution is 2.33. The van der Waals surface area contributed by atoms with E-state index in [1.807, 2.05) is 13.0 Å². The number of halogens is 2. The van der Waals surface area contributed by atoms with Gasteiger partial charge in [-0.3, -0.25) is 4.79 Å². The van der Waals surface area contributed by atoms with Crippen LogP contribution >= 0.6 is 27.5 Å². The van der Waals surface area contributed by atoms with Crippen molar-refractivity contribution in [2.24, 2.45) is 5.92 Å². The number of hydrogen-bond acceptors (Lipinski definition) is 1. The monoisotopic (exact) mass is 287 g/mol. The number of benzene rings is 1. The number of nitrogens with one attached hydrogen (secondary N) is 1. The number of aryl methyl sites for hydroxylation is 1. The normalized spacial score (nSPS) is 15.1. The van der Waals surface area contributed by atoms with Gasteiger partial charge in [-0.05, 0) is 53.4 Å². The summed E-state index contributed by atoms with van der Waals surface area (Å²) in [6.07, 6.45) is 2.01. The molecule has 1 aromatic rings. The standard InChI is InChI=1S/C11H11BrClNO/c1-6-4-8(12)10(5-9(6)13)14-11(15)7-2-3-7/h4-5,7H,2-3H2,1H3,(H,14,15). The van der Waals surface area contributed by atoms with Crippen molar-refractivity contribution in [3.05, 3.63) is 27.2 Å². The van der Waals surface area contributed by atoms with Crippen molar-refractivity contribution in [3.8, 4) is 0 Å². The molecule has 0 aliphatic heterocycles. The molecule has 1 N–H and O–H groups in total. The number of anilines is 1. The third kappa shape index (κ3) is 2.52. The summed E-state index contributed by atoms with van der Waals surface area (Å²) in [4.78, 5) is 11.5. The Bertz CT molecular complexity index is 415. The minimum Gasteiger partial charge on any atom is -0.325 e. The van der Waals surface area contributed by atoms with Gasteiger partial charge in [-0.2, -0.15) is 0 Å². The van der Waals surface area contributed by atoms with Crippen LogP contribution in [0.5, 0.6) is 0 Å². The zero-order chi connectivity index (χ0) is 11.0. The third-order valence-corrected chi connectivity index (χ3v) is 3.52. The predicted molar refractivity (Wildman–Crippen MR) is 65.2 cm³/mol. The lowest BCUT2D eigenvalue weighted by Crippen LogP contribution is -2.13. The Balaban J connectivity index is 2.20. The van der Waals surface area contributed by atoms with Crippen molar-refractivity contribution >= 4 is 39.1 Å². The molecule has 1 aromatic carbocycles. The average Bonchev–Trinajstić information content (AvgIpc) is 2.97. The van der Waals surface area contributed by atoms with Gasteiger partial charge in [0.1, 0.15) is 0 Å². The number of rotatable bonds is 2. The maximum atomic E-state index is 11.5. The summed E-state index contributed by atoms with van der Waals surface area (Å²) in [7, 11) is 0. The second kappa shape index (κ2) is 4.14. The van der Waals surface area contributed by atoms with Crippen molar-refractivity contribution < 1.29 is 4.79 Å². The highest BCUT2D eigenvalue weighted by Gasteiger charge is 2.29. The van der Waals surface area contributed by atoms with Crippen LogP contribution in [0.3, 0.4) is 0 Å². The quantitative estimate of drug-likeness (QED) is 0.882. The molecule has 0 saturated heterocycles. The molecule has 15 heavy (non-hydrogen) atoms. The van der Waals surface area contributed by atoms with Crippen molar-refractivity contribution in [1.82, 2.24) is 0 Å². The minimum absolute atomic E-state index is 0.0932. The molecule has 80 valence electrons. The maximum absolute atomic E-state index is 11.5. The zero-order valence-corrected chi connectivity index (χ0v) is 10.7. The fourth-order valence-electron chi connectivity index (χ4n) is 1.32. The number of carbonyl (C=O) groups excluding carboxylic acids is 1. The van der Waals surface area contributed by atoms with E-state index >= 15 is 0 Å². The van der Waals surface area contributed by atoms with Gasteiger partial charge in [0.25, 0.3) is 0 Å². The molecule has 1 amide bonds. The highest BCUT2D eigenvalue weighted by molar-refractivity contribution is 9.10. The fraction of sp³-hybridized carbons (Fsp3) is 0.364. The summed E-state index contributed by atoms with van der Waals surface area (Å²) in [5, 5.41) is 3.54. The van der Waals surface area contributed by atoms with Crippen LogP contribution in [-0.4, -0.2) is 5.91 Å². The molecule has 0 heterocycles. The average molecular weight is 289 g/mol. The fourth-order valence-corrected chi connectivity index (χ4v) is 2.04. The Kier molecular flexibility index (Phi) is 3.03. The van der Waals surface area contributed by atoms with E-state index in [0.29, 0.717) is 5.02 Å². The van der Waals surface area contributed by atoms with E-state index in [-0.39, 0.29) is 11.8 Å². The molecule has 4 heteroatoms. The van der Waals surface area contributed by atoms with Crippen molar-refractivity contribution in [2.45, 2.75) is 19.8 Å². The molecule has 0 spiro atoms. The van der Waals surface area contributed by atoms with Gasteiger partial charge in [0.05, 0.1) is 5.69 Å². The van der Waals surface area contributed by atoms with E-state index in [2.05, 4.69) is 21.2 Å². The van der Waals surface area contributed by atoms with Crippen molar-refractivity contribution in [3.63, 3.8) is 0 Å². The van der Waals surface area contributed by atoms with Crippen LogP contribution in [-0.2, 0) is 4.79 Å². The molecule has 0 atom stereocenters. The lowest BCUT2D eigenvalue weighted by atomic mass is 10.2. The largest absolute Gasteiger partial charge is 0.325 e. The summed E-state index contributed by atoms with van der Waals surface area (Å²) in [5.41, 5.74) is 1.75. The molecule has 1 fully saturated rings. The third-order valence-electron chi connectivity index (χ3n) is 2.45. The number of hydrogen-bond donors (Lipinski definition) is 1. The molecule has 0 unspecified atom stereocenters.